The van der Waals surface area contributed by atoms with Crippen LogP contribution in [-0.2, 0) is 4.79 Å². The zero-order valence-electron chi connectivity index (χ0n) is 14.6. The minimum atomic E-state index is -0.369. The van der Waals surface area contributed by atoms with Gasteiger partial charge in [0.1, 0.15) is 5.75 Å². The van der Waals surface area contributed by atoms with Crippen LogP contribution < -0.4 is 15.4 Å². The number of halogens is 1. The molecular formula is C18H17ClN4O2S2. The van der Waals surface area contributed by atoms with Gasteiger partial charge in [-0.1, -0.05) is 52.9 Å². The number of benzene rings is 2. The van der Waals surface area contributed by atoms with Crippen LogP contribution in [0.1, 0.15) is 6.92 Å². The number of para-hydroxylation sites is 1. The number of carbonyl (C=O) groups is 1. The number of nitrogens with zero attached hydrogens (tertiary/aromatic N) is 2. The molecule has 2 N–H and O–H groups in total. The number of amides is 1. The molecule has 0 fully saturated rings. The molecule has 1 heterocycles. The van der Waals surface area contributed by atoms with Gasteiger partial charge in [-0.2, -0.15) is 0 Å². The van der Waals surface area contributed by atoms with Crippen molar-refractivity contribution in [1.82, 2.24) is 10.2 Å². The highest BCUT2D eigenvalue weighted by Crippen LogP contribution is 2.32. The molecule has 0 aliphatic heterocycles. The zero-order chi connectivity index (χ0) is 19.2. The Kier molecular flexibility index (Phi) is 6.54. The maximum atomic E-state index is 12.5. The molecule has 0 bridgehead atoms. The van der Waals surface area contributed by atoms with Crippen molar-refractivity contribution in [3.05, 3.63) is 53.6 Å². The van der Waals surface area contributed by atoms with Crippen LogP contribution in [0.25, 0.3) is 0 Å². The fourth-order valence-corrected chi connectivity index (χ4v) is 4.26. The molecule has 6 nitrogen and oxygen atoms in total. The molecule has 3 aromatic rings. The van der Waals surface area contributed by atoms with E-state index in [9.17, 15) is 4.79 Å². The molecule has 27 heavy (non-hydrogen) atoms. The second-order valence-electron chi connectivity index (χ2n) is 5.46. The van der Waals surface area contributed by atoms with E-state index < -0.39 is 0 Å². The fourth-order valence-electron chi connectivity index (χ4n) is 2.17. The molecule has 2 aromatic carbocycles. The van der Waals surface area contributed by atoms with E-state index in [1.807, 2.05) is 37.3 Å². The third kappa shape index (κ3) is 5.35. The molecular weight excluding hydrogens is 404 g/mol. The molecule has 1 unspecified atom stereocenters. The smallest absolute Gasteiger partial charge is 0.237 e. The van der Waals surface area contributed by atoms with Gasteiger partial charge in [-0.25, -0.2) is 0 Å². The average molecular weight is 421 g/mol. The van der Waals surface area contributed by atoms with E-state index in [0.29, 0.717) is 25.9 Å². The Hall–Kier alpha value is -2.29. The first-order valence-electron chi connectivity index (χ1n) is 8.02. The topological polar surface area (TPSA) is 76.1 Å². The van der Waals surface area contributed by atoms with E-state index >= 15 is 0 Å². The summed E-state index contributed by atoms with van der Waals surface area (Å²) < 4.78 is 5.95. The van der Waals surface area contributed by atoms with Crippen molar-refractivity contribution in [1.29, 1.82) is 0 Å². The Bertz CT molecular complexity index is 921. The van der Waals surface area contributed by atoms with Crippen molar-refractivity contribution < 1.29 is 9.53 Å². The minimum absolute atomic E-state index is 0.173. The van der Waals surface area contributed by atoms with Gasteiger partial charge < -0.3 is 15.4 Å². The Balaban J connectivity index is 1.61. The third-order valence-electron chi connectivity index (χ3n) is 3.50. The van der Waals surface area contributed by atoms with E-state index in [0.717, 1.165) is 5.69 Å². The summed E-state index contributed by atoms with van der Waals surface area (Å²) in [5, 5.41) is 15.1. The van der Waals surface area contributed by atoms with Crippen LogP contribution in [0.15, 0.2) is 52.9 Å². The number of hydrogen-bond acceptors (Lipinski definition) is 7. The standard InChI is InChI=1S/C18H17ClN4O2S2/c1-11(16(24)21-14-10-12(19)8-9-15(14)25-2)26-18-23-22-17(27-18)20-13-6-4-3-5-7-13/h3-11H,1-2H3,(H,20,22)(H,21,24). The van der Waals surface area contributed by atoms with Gasteiger partial charge >= 0.3 is 0 Å². The van der Waals surface area contributed by atoms with Gasteiger partial charge in [0.05, 0.1) is 18.0 Å². The molecule has 140 valence electrons. The first-order valence-corrected chi connectivity index (χ1v) is 10.1. The van der Waals surface area contributed by atoms with Gasteiger partial charge in [-0.05, 0) is 37.3 Å². The van der Waals surface area contributed by atoms with Crippen LogP contribution in [0.2, 0.25) is 5.02 Å². The summed E-state index contributed by atoms with van der Waals surface area (Å²) in [7, 11) is 1.54. The summed E-state index contributed by atoms with van der Waals surface area (Å²) in [6.45, 7) is 1.81. The molecule has 0 saturated carbocycles. The first-order chi connectivity index (χ1) is 13.0. The first kappa shape index (κ1) is 19.5. The van der Waals surface area contributed by atoms with Crippen molar-refractivity contribution in [3.8, 4) is 5.75 Å². The second kappa shape index (κ2) is 9.07. The van der Waals surface area contributed by atoms with E-state index in [4.69, 9.17) is 16.3 Å². The number of methoxy groups -OCH3 is 1. The molecule has 0 spiro atoms. The Morgan fingerprint density at radius 2 is 2.00 bits per heavy atom. The maximum absolute atomic E-state index is 12.5. The fraction of sp³-hybridized carbons (Fsp3) is 0.167. The molecule has 1 aromatic heterocycles. The number of rotatable bonds is 7. The Labute approximate surface area is 170 Å². The highest BCUT2D eigenvalue weighted by atomic mass is 35.5. The van der Waals surface area contributed by atoms with Gasteiger partial charge in [0.15, 0.2) is 4.34 Å². The summed E-state index contributed by atoms with van der Waals surface area (Å²) in [5.74, 6) is 0.378. The molecule has 3 rings (SSSR count). The highest BCUT2D eigenvalue weighted by Gasteiger charge is 2.19. The lowest BCUT2D eigenvalue weighted by Crippen LogP contribution is -2.22. The van der Waals surface area contributed by atoms with E-state index in [1.165, 1.54) is 23.1 Å². The van der Waals surface area contributed by atoms with Crippen LogP contribution in [0.3, 0.4) is 0 Å². The summed E-state index contributed by atoms with van der Waals surface area (Å²) in [4.78, 5) is 12.5. The molecule has 1 amide bonds. The van der Waals surface area contributed by atoms with Crippen molar-refractivity contribution in [2.24, 2.45) is 0 Å². The summed E-state index contributed by atoms with van der Waals surface area (Å²) in [6, 6.07) is 14.8. The summed E-state index contributed by atoms with van der Waals surface area (Å²) in [6.07, 6.45) is 0. The van der Waals surface area contributed by atoms with Crippen molar-refractivity contribution >= 4 is 57.1 Å². The Morgan fingerprint density at radius 1 is 1.22 bits per heavy atom. The molecule has 0 aliphatic rings. The number of anilines is 3. The van der Waals surface area contributed by atoms with E-state index in [2.05, 4.69) is 20.8 Å². The molecule has 9 heteroatoms. The van der Waals surface area contributed by atoms with Crippen LogP contribution in [0.5, 0.6) is 5.75 Å². The quantitative estimate of drug-likeness (QED) is 0.520. The zero-order valence-corrected chi connectivity index (χ0v) is 17.0. The number of aromatic nitrogens is 2. The summed E-state index contributed by atoms with van der Waals surface area (Å²) >= 11 is 8.73. The van der Waals surface area contributed by atoms with Gasteiger partial charge in [-0.15, -0.1) is 10.2 Å². The molecule has 1 atom stereocenters. The van der Waals surface area contributed by atoms with Crippen LogP contribution in [-0.4, -0.2) is 28.5 Å². The van der Waals surface area contributed by atoms with Gasteiger partial charge in [-0.3, -0.25) is 4.79 Å². The minimum Gasteiger partial charge on any atom is -0.495 e. The lowest BCUT2D eigenvalue weighted by atomic mass is 10.3. The summed E-state index contributed by atoms with van der Waals surface area (Å²) in [5.41, 5.74) is 1.47. The van der Waals surface area contributed by atoms with Crippen molar-refractivity contribution in [3.63, 3.8) is 0 Å². The lowest BCUT2D eigenvalue weighted by Gasteiger charge is -2.13. The number of nitrogens with one attached hydrogen (secondary N) is 2. The van der Waals surface area contributed by atoms with E-state index in [-0.39, 0.29) is 11.2 Å². The SMILES string of the molecule is COc1ccc(Cl)cc1NC(=O)C(C)Sc1nnc(Nc2ccccc2)s1. The van der Waals surface area contributed by atoms with Gasteiger partial charge in [0.25, 0.3) is 0 Å². The normalized spacial score (nSPS) is 11.7. The number of ether oxygens (including phenoxy) is 1. The molecule has 0 aliphatic carbocycles. The van der Waals surface area contributed by atoms with Crippen molar-refractivity contribution in [2.45, 2.75) is 16.5 Å². The molecule has 0 saturated heterocycles. The number of hydrogen-bond donors (Lipinski definition) is 2. The van der Waals surface area contributed by atoms with Crippen LogP contribution >= 0.6 is 34.7 Å². The second-order valence-corrected chi connectivity index (χ2v) is 8.46. The maximum Gasteiger partial charge on any atom is 0.237 e. The van der Waals surface area contributed by atoms with E-state index in [1.54, 1.807) is 25.3 Å². The number of carbonyl (C=O) groups excluding carboxylic acids is 1. The molecule has 0 radical (unpaired) electrons. The van der Waals surface area contributed by atoms with Gasteiger partial charge in [0, 0.05) is 10.7 Å². The van der Waals surface area contributed by atoms with Gasteiger partial charge in [0.2, 0.25) is 11.0 Å². The predicted molar refractivity (Wildman–Crippen MR) is 112 cm³/mol. The predicted octanol–water partition coefficient (Wildman–Crippen LogP) is 5.06. The van der Waals surface area contributed by atoms with Crippen LogP contribution in [0, 0.1) is 0 Å². The lowest BCUT2D eigenvalue weighted by molar-refractivity contribution is -0.115. The monoisotopic (exact) mass is 420 g/mol. The van der Waals surface area contributed by atoms with Crippen molar-refractivity contribution in [2.75, 3.05) is 17.7 Å². The Morgan fingerprint density at radius 3 is 2.74 bits per heavy atom. The largest absolute Gasteiger partial charge is 0.495 e. The average Bonchev–Trinajstić information content (AvgIpc) is 3.09. The highest BCUT2D eigenvalue weighted by molar-refractivity contribution is 8.02. The third-order valence-corrected chi connectivity index (χ3v) is 5.76. The van der Waals surface area contributed by atoms with Crippen LogP contribution in [0.4, 0.5) is 16.5 Å². The number of thioether (sulfide) groups is 1.